The Labute approximate surface area is 122 Å². The molecule has 0 aliphatic carbocycles. The van der Waals surface area contributed by atoms with Crippen LogP contribution >= 0.6 is 0 Å². The maximum absolute atomic E-state index is 11.4. The Bertz CT molecular complexity index is 800. The predicted octanol–water partition coefficient (Wildman–Crippen LogP) is 3.81. The molecular formula is C17H16N2O2. The van der Waals surface area contributed by atoms with Crippen LogP contribution < -0.4 is 0 Å². The van der Waals surface area contributed by atoms with Crippen LogP contribution in [-0.2, 0) is 6.54 Å². The van der Waals surface area contributed by atoms with Gasteiger partial charge in [-0.3, -0.25) is 4.98 Å². The van der Waals surface area contributed by atoms with Gasteiger partial charge in [0, 0.05) is 23.7 Å². The molecule has 21 heavy (non-hydrogen) atoms. The Balaban J connectivity index is 2.26. The summed E-state index contributed by atoms with van der Waals surface area (Å²) < 4.78 is 1.85. The third-order valence-electron chi connectivity index (χ3n) is 3.56. The summed E-state index contributed by atoms with van der Waals surface area (Å²) in [5.74, 6) is -0.900. The zero-order valence-electron chi connectivity index (χ0n) is 11.8. The highest BCUT2D eigenvalue weighted by atomic mass is 16.4. The number of carbonyl (C=O) groups is 1. The minimum atomic E-state index is -0.900. The van der Waals surface area contributed by atoms with E-state index in [1.807, 2.05) is 47.9 Å². The zero-order valence-corrected chi connectivity index (χ0v) is 11.8. The molecule has 4 heteroatoms. The van der Waals surface area contributed by atoms with Crippen molar-refractivity contribution in [1.29, 1.82) is 0 Å². The molecule has 0 unspecified atom stereocenters. The number of rotatable bonds is 4. The Morgan fingerprint density at radius 1 is 1.19 bits per heavy atom. The van der Waals surface area contributed by atoms with Crippen molar-refractivity contribution < 1.29 is 9.90 Å². The summed E-state index contributed by atoms with van der Waals surface area (Å²) in [7, 11) is 0. The number of aromatic carboxylic acids is 1. The van der Waals surface area contributed by atoms with Crippen LogP contribution in [0.5, 0.6) is 0 Å². The molecule has 2 heterocycles. The first-order chi connectivity index (χ1) is 10.2. The van der Waals surface area contributed by atoms with Crippen molar-refractivity contribution in [3.05, 3.63) is 54.4 Å². The molecule has 0 amide bonds. The van der Waals surface area contributed by atoms with Crippen LogP contribution in [0.4, 0.5) is 0 Å². The van der Waals surface area contributed by atoms with E-state index in [0.29, 0.717) is 12.2 Å². The normalized spacial score (nSPS) is 10.9. The lowest BCUT2D eigenvalue weighted by Crippen LogP contribution is -2.09. The third kappa shape index (κ3) is 2.29. The minimum Gasteiger partial charge on any atom is -0.477 e. The van der Waals surface area contributed by atoms with E-state index < -0.39 is 5.97 Å². The number of fused-ring (bicyclic) bond motifs is 1. The molecule has 0 saturated heterocycles. The number of aromatic nitrogens is 2. The molecule has 0 fully saturated rings. The van der Waals surface area contributed by atoms with Crippen LogP contribution in [0.2, 0.25) is 0 Å². The fourth-order valence-corrected chi connectivity index (χ4v) is 2.66. The quantitative estimate of drug-likeness (QED) is 0.790. The molecule has 0 aliphatic heterocycles. The van der Waals surface area contributed by atoms with E-state index in [9.17, 15) is 9.90 Å². The molecule has 0 bridgehead atoms. The molecule has 0 aliphatic rings. The van der Waals surface area contributed by atoms with Gasteiger partial charge in [0.05, 0.1) is 11.2 Å². The average Bonchev–Trinajstić information content (AvgIpc) is 2.91. The van der Waals surface area contributed by atoms with E-state index in [2.05, 4.69) is 4.98 Å². The number of carboxylic acid groups (broad SMARTS) is 1. The van der Waals surface area contributed by atoms with Gasteiger partial charge in [0.15, 0.2) is 0 Å². The van der Waals surface area contributed by atoms with Crippen molar-refractivity contribution in [2.75, 3.05) is 0 Å². The number of pyridine rings is 1. The number of nitrogens with zero attached hydrogens (tertiary/aromatic N) is 2. The molecule has 1 N–H and O–H groups in total. The Hall–Kier alpha value is -2.62. The van der Waals surface area contributed by atoms with Gasteiger partial charge in [-0.25, -0.2) is 4.79 Å². The van der Waals surface area contributed by atoms with Gasteiger partial charge in [-0.15, -0.1) is 0 Å². The molecule has 4 nitrogen and oxygen atoms in total. The predicted molar refractivity (Wildman–Crippen MR) is 82.4 cm³/mol. The van der Waals surface area contributed by atoms with Crippen molar-refractivity contribution in [2.24, 2.45) is 0 Å². The molecule has 2 aromatic heterocycles. The Morgan fingerprint density at radius 3 is 2.76 bits per heavy atom. The molecule has 3 aromatic rings. The van der Waals surface area contributed by atoms with Gasteiger partial charge in [-0.2, -0.15) is 0 Å². The van der Waals surface area contributed by atoms with Gasteiger partial charge in [-0.05, 0) is 24.6 Å². The van der Waals surface area contributed by atoms with E-state index in [-0.39, 0.29) is 0 Å². The fourth-order valence-electron chi connectivity index (χ4n) is 2.66. The molecule has 0 atom stereocenters. The highest BCUT2D eigenvalue weighted by Crippen LogP contribution is 2.29. The Morgan fingerprint density at radius 2 is 2.00 bits per heavy atom. The fraction of sp³-hybridized carbons (Fsp3) is 0.176. The standard InChI is InChI=1S/C17H16N2O2/c1-2-11-19-14(8-9-15(19)17(20)21)13-7-3-5-12-6-4-10-18-16(12)13/h3-10H,2,11H2,1H3,(H,20,21). The molecule has 1 aromatic carbocycles. The van der Waals surface area contributed by atoms with Gasteiger partial charge in [0.25, 0.3) is 0 Å². The first-order valence-corrected chi connectivity index (χ1v) is 6.99. The topological polar surface area (TPSA) is 55.1 Å². The summed E-state index contributed by atoms with van der Waals surface area (Å²) in [6, 6.07) is 13.4. The summed E-state index contributed by atoms with van der Waals surface area (Å²) in [6.07, 6.45) is 2.64. The number of hydrogen-bond acceptors (Lipinski definition) is 2. The lowest BCUT2D eigenvalue weighted by molar-refractivity contribution is 0.0685. The highest BCUT2D eigenvalue weighted by Gasteiger charge is 2.16. The van der Waals surface area contributed by atoms with E-state index >= 15 is 0 Å². The molecule has 106 valence electrons. The van der Waals surface area contributed by atoms with Gasteiger partial charge in [-0.1, -0.05) is 31.2 Å². The van der Waals surface area contributed by atoms with Gasteiger partial charge in [0.2, 0.25) is 0 Å². The average molecular weight is 280 g/mol. The lowest BCUT2D eigenvalue weighted by atomic mass is 10.1. The van der Waals surface area contributed by atoms with Crippen LogP contribution in [0.3, 0.4) is 0 Å². The second-order valence-electron chi connectivity index (χ2n) is 4.94. The van der Waals surface area contributed by atoms with Gasteiger partial charge < -0.3 is 9.67 Å². The second-order valence-corrected chi connectivity index (χ2v) is 4.94. The van der Waals surface area contributed by atoms with Crippen LogP contribution in [0.15, 0.2) is 48.7 Å². The molecule has 0 saturated carbocycles. The molecule has 0 radical (unpaired) electrons. The van der Waals surface area contributed by atoms with Gasteiger partial charge >= 0.3 is 5.97 Å². The minimum absolute atomic E-state index is 0.319. The van der Waals surface area contributed by atoms with Crippen molar-refractivity contribution >= 4 is 16.9 Å². The maximum atomic E-state index is 11.4. The summed E-state index contributed by atoms with van der Waals surface area (Å²) in [6.45, 7) is 2.71. The summed E-state index contributed by atoms with van der Waals surface area (Å²) >= 11 is 0. The third-order valence-corrected chi connectivity index (χ3v) is 3.56. The lowest BCUT2D eigenvalue weighted by Gasteiger charge is -2.12. The summed E-state index contributed by atoms with van der Waals surface area (Å²) in [4.78, 5) is 15.8. The first kappa shape index (κ1) is 13.4. The number of benzene rings is 1. The number of hydrogen-bond donors (Lipinski definition) is 1. The summed E-state index contributed by atoms with van der Waals surface area (Å²) in [5.41, 5.74) is 3.08. The maximum Gasteiger partial charge on any atom is 0.352 e. The molecule has 0 spiro atoms. The second kappa shape index (κ2) is 5.40. The van der Waals surface area contributed by atoms with E-state index in [1.165, 1.54) is 0 Å². The Kier molecular flexibility index (Phi) is 3.44. The smallest absolute Gasteiger partial charge is 0.352 e. The van der Waals surface area contributed by atoms with Crippen LogP contribution in [-0.4, -0.2) is 20.6 Å². The monoisotopic (exact) mass is 280 g/mol. The van der Waals surface area contributed by atoms with E-state index in [4.69, 9.17) is 0 Å². The van der Waals surface area contributed by atoms with Crippen molar-refractivity contribution in [3.63, 3.8) is 0 Å². The number of carboxylic acids is 1. The van der Waals surface area contributed by atoms with Crippen molar-refractivity contribution in [2.45, 2.75) is 19.9 Å². The highest BCUT2D eigenvalue weighted by molar-refractivity contribution is 5.94. The largest absolute Gasteiger partial charge is 0.477 e. The van der Waals surface area contributed by atoms with E-state index in [0.717, 1.165) is 28.6 Å². The zero-order chi connectivity index (χ0) is 14.8. The first-order valence-electron chi connectivity index (χ1n) is 6.99. The van der Waals surface area contributed by atoms with Crippen LogP contribution in [0.25, 0.3) is 22.2 Å². The van der Waals surface area contributed by atoms with Crippen molar-refractivity contribution in [3.8, 4) is 11.3 Å². The molecule has 3 rings (SSSR count). The number of para-hydroxylation sites is 1. The van der Waals surface area contributed by atoms with Gasteiger partial charge in [0.1, 0.15) is 5.69 Å². The SMILES string of the molecule is CCCn1c(C(=O)O)ccc1-c1cccc2cccnc12. The van der Waals surface area contributed by atoms with E-state index in [1.54, 1.807) is 12.3 Å². The van der Waals surface area contributed by atoms with Crippen molar-refractivity contribution in [1.82, 2.24) is 9.55 Å². The molecular weight excluding hydrogens is 264 g/mol. The summed E-state index contributed by atoms with van der Waals surface area (Å²) in [5, 5.41) is 10.4. The van der Waals surface area contributed by atoms with Crippen LogP contribution in [0, 0.1) is 0 Å². The van der Waals surface area contributed by atoms with Crippen LogP contribution in [0.1, 0.15) is 23.8 Å².